The molecule has 0 bridgehead atoms. The van der Waals surface area contributed by atoms with Crippen LogP contribution < -0.4 is 5.32 Å². The molecule has 0 radical (unpaired) electrons. The molecule has 0 saturated heterocycles. The summed E-state index contributed by atoms with van der Waals surface area (Å²) >= 11 is 3.50. The Morgan fingerprint density at radius 3 is 2.53 bits per heavy atom. The molecule has 1 atom stereocenters. The fraction of sp³-hybridized carbons (Fsp3) is 0.250. The second kappa shape index (κ2) is 6.83. The van der Waals surface area contributed by atoms with Crippen LogP contribution in [0.15, 0.2) is 53.0 Å². The quantitative estimate of drug-likeness (QED) is 0.856. The highest BCUT2D eigenvalue weighted by Crippen LogP contribution is 2.22. The highest BCUT2D eigenvalue weighted by molar-refractivity contribution is 9.10. The summed E-state index contributed by atoms with van der Waals surface area (Å²) in [5, 5.41) is 3.47. The van der Waals surface area contributed by atoms with E-state index in [0.29, 0.717) is 0 Å². The molecule has 0 heterocycles. The van der Waals surface area contributed by atoms with Crippen molar-refractivity contribution in [2.75, 3.05) is 6.54 Å². The van der Waals surface area contributed by atoms with Crippen LogP contribution in [-0.4, -0.2) is 6.54 Å². The highest BCUT2D eigenvalue weighted by atomic mass is 79.9. The highest BCUT2D eigenvalue weighted by Gasteiger charge is 2.11. The molecule has 0 spiro atoms. The van der Waals surface area contributed by atoms with Gasteiger partial charge in [0, 0.05) is 10.5 Å². The van der Waals surface area contributed by atoms with E-state index in [-0.39, 0.29) is 11.9 Å². The molecule has 0 amide bonds. The molecular formula is C16H17BrFN. The Labute approximate surface area is 122 Å². The number of nitrogens with one attached hydrogen (secondary N) is 1. The molecule has 2 aromatic rings. The maximum atomic E-state index is 12.9. The normalized spacial score (nSPS) is 12.4. The van der Waals surface area contributed by atoms with Crippen LogP contribution in [-0.2, 0) is 6.42 Å². The van der Waals surface area contributed by atoms with E-state index >= 15 is 0 Å². The molecule has 0 fully saturated rings. The molecular weight excluding hydrogens is 305 g/mol. The van der Waals surface area contributed by atoms with Gasteiger partial charge in [0.1, 0.15) is 5.82 Å². The standard InChI is InChI=1S/C16H17BrFN/c1-2-19-16(13-4-3-5-14(17)11-13)10-12-6-8-15(18)9-7-12/h3-9,11,16,19H,2,10H2,1H3. The Morgan fingerprint density at radius 1 is 1.16 bits per heavy atom. The van der Waals surface area contributed by atoms with E-state index in [1.807, 2.05) is 24.3 Å². The van der Waals surface area contributed by atoms with Crippen LogP contribution >= 0.6 is 15.9 Å². The van der Waals surface area contributed by atoms with E-state index in [0.717, 1.165) is 23.0 Å². The second-order valence-electron chi connectivity index (χ2n) is 4.50. The Kier molecular flexibility index (Phi) is 5.11. The first-order valence-electron chi connectivity index (χ1n) is 6.42. The van der Waals surface area contributed by atoms with E-state index < -0.39 is 0 Å². The minimum atomic E-state index is -0.189. The van der Waals surface area contributed by atoms with Crippen molar-refractivity contribution in [3.63, 3.8) is 0 Å². The fourth-order valence-corrected chi connectivity index (χ4v) is 2.55. The van der Waals surface area contributed by atoms with E-state index in [2.05, 4.69) is 40.3 Å². The van der Waals surface area contributed by atoms with E-state index in [1.165, 1.54) is 17.7 Å². The van der Waals surface area contributed by atoms with Gasteiger partial charge in [0.05, 0.1) is 0 Å². The van der Waals surface area contributed by atoms with Gasteiger partial charge in [-0.2, -0.15) is 0 Å². The third kappa shape index (κ3) is 4.15. The van der Waals surface area contributed by atoms with Crippen molar-refractivity contribution in [2.24, 2.45) is 0 Å². The SMILES string of the molecule is CCNC(Cc1ccc(F)cc1)c1cccc(Br)c1. The summed E-state index contributed by atoms with van der Waals surface area (Å²) in [6.45, 7) is 2.99. The van der Waals surface area contributed by atoms with Crippen molar-refractivity contribution in [1.29, 1.82) is 0 Å². The topological polar surface area (TPSA) is 12.0 Å². The van der Waals surface area contributed by atoms with Crippen molar-refractivity contribution in [3.8, 4) is 0 Å². The van der Waals surface area contributed by atoms with Crippen LogP contribution in [0.25, 0.3) is 0 Å². The first-order chi connectivity index (χ1) is 9.19. The van der Waals surface area contributed by atoms with E-state index in [9.17, 15) is 4.39 Å². The number of hydrogen-bond donors (Lipinski definition) is 1. The minimum absolute atomic E-state index is 0.189. The monoisotopic (exact) mass is 321 g/mol. The molecule has 0 saturated carbocycles. The lowest BCUT2D eigenvalue weighted by Gasteiger charge is -2.19. The first-order valence-corrected chi connectivity index (χ1v) is 7.21. The molecule has 0 aliphatic heterocycles. The number of hydrogen-bond acceptors (Lipinski definition) is 1. The average Bonchev–Trinajstić information content (AvgIpc) is 2.41. The van der Waals surface area contributed by atoms with Gasteiger partial charge in [-0.05, 0) is 48.4 Å². The van der Waals surface area contributed by atoms with Gasteiger partial charge in [0.2, 0.25) is 0 Å². The number of halogens is 2. The van der Waals surface area contributed by atoms with E-state index in [1.54, 1.807) is 0 Å². The summed E-state index contributed by atoms with van der Waals surface area (Å²) in [6, 6.07) is 15.2. The van der Waals surface area contributed by atoms with Crippen molar-refractivity contribution < 1.29 is 4.39 Å². The fourth-order valence-electron chi connectivity index (χ4n) is 2.13. The van der Waals surface area contributed by atoms with Crippen LogP contribution in [0.1, 0.15) is 24.1 Å². The van der Waals surface area contributed by atoms with Crippen LogP contribution in [0.4, 0.5) is 4.39 Å². The van der Waals surface area contributed by atoms with Gasteiger partial charge in [0.15, 0.2) is 0 Å². The molecule has 19 heavy (non-hydrogen) atoms. The Balaban J connectivity index is 2.18. The molecule has 3 heteroatoms. The molecule has 2 aromatic carbocycles. The zero-order chi connectivity index (χ0) is 13.7. The summed E-state index contributed by atoms with van der Waals surface area (Å²) in [4.78, 5) is 0. The molecule has 1 nitrogen and oxygen atoms in total. The van der Waals surface area contributed by atoms with Crippen LogP contribution in [0, 0.1) is 5.82 Å². The van der Waals surface area contributed by atoms with Gasteiger partial charge in [-0.3, -0.25) is 0 Å². The number of rotatable bonds is 5. The van der Waals surface area contributed by atoms with Gasteiger partial charge < -0.3 is 5.32 Å². The van der Waals surface area contributed by atoms with Crippen LogP contribution in [0.2, 0.25) is 0 Å². The molecule has 2 rings (SSSR count). The van der Waals surface area contributed by atoms with Gasteiger partial charge in [-0.1, -0.05) is 47.1 Å². The van der Waals surface area contributed by atoms with Crippen LogP contribution in [0.3, 0.4) is 0 Å². The minimum Gasteiger partial charge on any atom is -0.310 e. The van der Waals surface area contributed by atoms with Gasteiger partial charge >= 0.3 is 0 Å². The molecule has 1 N–H and O–H groups in total. The summed E-state index contributed by atoms with van der Waals surface area (Å²) in [5.41, 5.74) is 2.37. The maximum absolute atomic E-state index is 12.9. The predicted molar refractivity (Wildman–Crippen MR) is 80.7 cm³/mol. The summed E-state index contributed by atoms with van der Waals surface area (Å²) in [6.07, 6.45) is 0.852. The van der Waals surface area contributed by atoms with Crippen molar-refractivity contribution in [2.45, 2.75) is 19.4 Å². The van der Waals surface area contributed by atoms with Crippen molar-refractivity contribution in [3.05, 3.63) is 69.9 Å². The largest absolute Gasteiger partial charge is 0.310 e. The van der Waals surface area contributed by atoms with Crippen molar-refractivity contribution >= 4 is 15.9 Å². The molecule has 100 valence electrons. The zero-order valence-electron chi connectivity index (χ0n) is 10.9. The first kappa shape index (κ1) is 14.2. The number of likely N-dealkylation sites (N-methyl/N-ethyl adjacent to an activating group) is 1. The van der Waals surface area contributed by atoms with Gasteiger partial charge in [-0.25, -0.2) is 4.39 Å². The lowest BCUT2D eigenvalue weighted by molar-refractivity contribution is 0.548. The molecule has 0 aromatic heterocycles. The lowest BCUT2D eigenvalue weighted by atomic mass is 9.99. The zero-order valence-corrected chi connectivity index (χ0v) is 12.5. The maximum Gasteiger partial charge on any atom is 0.123 e. The summed E-state index contributed by atoms with van der Waals surface area (Å²) < 4.78 is 14.0. The summed E-state index contributed by atoms with van der Waals surface area (Å²) in [7, 11) is 0. The smallest absolute Gasteiger partial charge is 0.123 e. The lowest BCUT2D eigenvalue weighted by Crippen LogP contribution is -2.22. The van der Waals surface area contributed by atoms with Crippen molar-refractivity contribution in [1.82, 2.24) is 5.32 Å². The molecule has 0 aliphatic carbocycles. The molecule has 1 unspecified atom stereocenters. The Morgan fingerprint density at radius 2 is 1.89 bits per heavy atom. The van der Waals surface area contributed by atoms with Crippen LogP contribution in [0.5, 0.6) is 0 Å². The summed E-state index contributed by atoms with van der Waals surface area (Å²) in [5.74, 6) is -0.189. The third-order valence-electron chi connectivity index (χ3n) is 3.05. The second-order valence-corrected chi connectivity index (χ2v) is 5.41. The predicted octanol–water partition coefficient (Wildman–Crippen LogP) is 4.48. The van der Waals surface area contributed by atoms with Gasteiger partial charge in [-0.15, -0.1) is 0 Å². The van der Waals surface area contributed by atoms with Gasteiger partial charge in [0.25, 0.3) is 0 Å². The average molecular weight is 322 g/mol. The number of benzene rings is 2. The Bertz CT molecular complexity index is 525. The molecule has 0 aliphatic rings. The third-order valence-corrected chi connectivity index (χ3v) is 3.55. The van der Waals surface area contributed by atoms with E-state index in [4.69, 9.17) is 0 Å². The Hall–Kier alpha value is -1.19.